The van der Waals surface area contributed by atoms with Gasteiger partial charge in [0.25, 0.3) is 0 Å². The third-order valence-corrected chi connectivity index (χ3v) is 4.16. The van der Waals surface area contributed by atoms with Crippen molar-refractivity contribution in [2.75, 3.05) is 20.7 Å². The van der Waals surface area contributed by atoms with Crippen molar-refractivity contribution in [3.63, 3.8) is 0 Å². The van der Waals surface area contributed by atoms with E-state index in [1.807, 2.05) is 31.3 Å². The number of carboxylic acid groups (broad SMARTS) is 2. The first-order valence-corrected chi connectivity index (χ1v) is 7.79. The van der Waals surface area contributed by atoms with Crippen LogP contribution in [-0.4, -0.2) is 48.8 Å². The highest BCUT2D eigenvalue weighted by molar-refractivity contribution is 6.31. The van der Waals surface area contributed by atoms with E-state index in [-0.39, 0.29) is 11.9 Å². The van der Waals surface area contributed by atoms with Crippen molar-refractivity contribution in [3.8, 4) is 0 Å². The van der Waals surface area contributed by atoms with Crippen LogP contribution in [0.5, 0.6) is 0 Å². The minimum absolute atomic E-state index is 0.189. The molecule has 0 heterocycles. The zero-order valence-corrected chi connectivity index (χ0v) is 14.6. The molecule has 0 saturated heterocycles. The molecule has 1 aliphatic rings. The Morgan fingerprint density at radius 1 is 1.28 bits per heavy atom. The van der Waals surface area contributed by atoms with Gasteiger partial charge >= 0.3 is 17.9 Å². The Balaban J connectivity index is 0.000000333. The highest BCUT2D eigenvalue weighted by Gasteiger charge is 2.62. The van der Waals surface area contributed by atoms with Crippen LogP contribution in [-0.2, 0) is 24.5 Å². The standard InChI is InChI=1S/C13H16ClNO2.C4H4O4/c1-15-8-9-7-13(9,12(16)17-2)10-5-3-4-6-11(10)14;5-3(6)1-2-4(7)8/h3-6,9,15H,7-8H2,1-2H3;1-2H,(H,5,6)(H,7,8)/b;2-1+. The number of esters is 1. The summed E-state index contributed by atoms with van der Waals surface area (Å²) in [6.07, 6.45) is 1.91. The first kappa shape index (κ1) is 20.7. The zero-order chi connectivity index (χ0) is 19.0. The Kier molecular flexibility index (Phi) is 7.60. The quantitative estimate of drug-likeness (QED) is 0.516. The van der Waals surface area contributed by atoms with Crippen LogP contribution in [0, 0.1) is 5.92 Å². The van der Waals surface area contributed by atoms with E-state index in [2.05, 4.69) is 5.32 Å². The maximum absolute atomic E-state index is 12.0. The summed E-state index contributed by atoms with van der Waals surface area (Å²) in [5.74, 6) is -2.44. The summed E-state index contributed by atoms with van der Waals surface area (Å²) in [5.41, 5.74) is 0.338. The molecule has 7 nitrogen and oxygen atoms in total. The maximum Gasteiger partial charge on any atom is 0.328 e. The molecule has 0 aliphatic heterocycles. The average molecular weight is 370 g/mol. The van der Waals surface area contributed by atoms with Gasteiger partial charge in [-0.15, -0.1) is 0 Å². The van der Waals surface area contributed by atoms with Crippen LogP contribution < -0.4 is 5.32 Å². The van der Waals surface area contributed by atoms with Crippen molar-refractivity contribution in [3.05, 3.63) is 47.0 Å². The number of carbonyl (C=O) groups is 3. The maximum atomic E-state index is 12.0. The molecule has 2 rings (SSSR count). The number of carboxylic acids is 2. The van der Waals surface area contributed by atoms with Crippen LogP contribution in [0.3, 0.4) is 0 Å². The lowest BCUT2D eigenvalue weighted by molar-refractivity contribution is -0.144. The minimum Gasteiger partial charge on any atom is -0.478 e. The molecule has 0 radical (unpaired) electrons. The topological polar surface area (TPSA) is 113 Å². The van der Waals surface area contributed by atoms with Crippen molar-refractivity contribution in [1.29, 1.82) is 0 Å². The van der Waals surface area contributed by atoms with Crippen LogP contribution >= 0.6 is 11.6 Å². The van der Waals surface area contributed by atoms with Gasteiger partial charge in [-0.2, -0.15) is 0 Å². The molecule has 3 N–H and O–H groups in total. The number of hydrogen-bond acceptors (Lipinski definition) is 5. The number of nitrogens with one attached hydrogen (secondary N) is 1. The minimum atomic E-state index is -1.26. The van der Waals surface area contributed by atoms with E-state index in [4.69, 9.17) is 26.6 Å². The second-order valence-corrected chi connectivity index (χ2v) is 5.82. The largest absolute Gasteiger partial charge is 0.478 e. The number of ether oxygens (including phenoxy) is 1. The highest BCUT2D eigenvalue weighted by Crippen LogP contribution is 2.56. The Morgan fingerprint density at radius 2 is 1.84 bits per heavy atom. The third-order valence-electron chi connectivity index (χ3n) is 3.83. The molecule has 25 heavy (non-hydrogen) atoms. The summed E-state index contributed by atoms with van der Waals surface area (Å²) in [6, 6.07) is 7.50. The Labute approximate surface area is 150 Å². The lowest BCUT2D eigenvalue weighted by Gasteiger charge is -2.16. The number of halogens is 1. The van der Waals surface area contributed by atoms with Crippen LogP contribution in [0.15, 0.2) is 36.4 Å². The van der Waals surface area contributed by atoms with E-state index < -0.39 is 17.4 Å². The molecule has 1 aromatic rings. The van der Waals surface area contributed by atoms with E-state index >= 15 is 0 Å². The number of methoxy groups -OCH3 is 1. The fourth-order valence-corrected chi connectivity index (χ4v) is 2.96. The summed E-state index contributed by atoms with van der Waals surface area (Å²) in [7, 11) is 3.31. The summed E-state index contributed by atoms with van der Waals surface area (Å²) >= 11 is 6.19. The zero-order valence-electron chi connectivity index (χ0n) is 13.9. The number of carbonyl (C=O) groups excluding carboxylic acids is 1. The van der Waals surface area contributed by atoms with Crippen LogP contribution in [0.2, 0.25) is 5.02 Å². The molecule has 1 saturated carbocycles. The molecule has 1 fully saturated rings. The number of hydrogen-bond donors (Lipinski definition) is 3. The van der Waals surface area contributed by atoms with Crippen molar-refractivity contribution < 1.29 is 29.3 Å². The molecule has 2 atom stereocenters. The Morgan fingerprint density at radius 3 is 2.28 bits per heavy atom. The molecule has 0 aromatic heterocycles. The van der Waals surface area contributed by atoms with Gasteiger partial charge in [0.1, 0.15) is 0 Å². The van der Waals surface area contributed by atoms with Gasteiger partial charge in [-0.3, -0.25) is 4.79 Å². The van der Waals surface area contributed by atoms with Crippen molar-refractivity contribution in [1.82, 2.24) is 5.32 Å². The smallest absolute Gasteiger partial charge is 0.328 e. The molecule has 2 unspecified atom stereocenters. The van der Waals surface area contributed by atoms with E-state index in [1.165, 1.54) is 7.11 Å². The van der Waals surface area contributed by atoms with Gasteiger partial charge in [-0.25, -0.2) is 9.59 Å². The van der Waals surface area contributed by atoms with Crippen LogP contribution in [0.4, 0.5) is 0 Å². The lowest BCUT2D eigenvalue weighted by atomic mass is 9.93. The monoisotopic (exact) mass is 369 g/mol. The van der Waals surface area contributed by atoms with Gasteiger partial charge in [0.05, 0.1) is 12.5 Å². The molecular formula is C17H20ClNO6. The summed E-state index contributed by atoms with van der Waals surface area (Å²) in [5, 5.41) is 19.4. The molecule has 0 bridgehead atoms. The molecule has 1 aromatic carbocycles. The number of benzene rings is 1. The summed E-state index contributed by atoms with van der Waals surface area (Å²) in [4.78, 5) is 31.1. The second kappa shape index (κ2) is 9.19. The van der Waals surface area contributed by atoms with Crippen molar-refractivity contribution >= 4 is 29.5 Å². The average Bonchev–Trinajstić information content (AvgIpc) is 3.28. The summed E-state index contributed by atoms with van der Waals surface area (Å²) < 4.78 is 4.94. The molecular weight excluding hydrogens is 350 g/mol. The molecule has 0 spiro atoms. The van der Waals surface area contributed by atoms with E-state index in [0.717, 1.165) is 18.5 Å². The number of aliphatic carboxylic acids is 2. The second-order valence-electron chi connectivity index (χ2n) is 5.41. The molecule has 8 heteroatoms. The van der Waals surface area contributed by atoms with Crippen molar-refractivity contribution in [2.24, 2.45) is 5.92 Å². The lowest BCUT2D eigenvalue weighted by Crippen LogP contribution is -2.28. The van der Waals surface area contributed by atoms with E-state index in [0.29, 0.717) is 17.2 Å². The van der Waals surface area contributed by atoms with Gasteiger partial charge in [-0.05, 0) is 37.6 Å². The fourth-order valence-electron chi connectivity index (χ4n) is 2.66. The first-order chi connectivity index (χ1) is 11.8. The van der Waals surface area contributed by atoms with Crippen LogP contribution in [0.1, 0.15) is 12.0 Å². The Hall–Kier alpha value is -2.38. The predicted molar refractivity (Wildman–Crippen MR) is 91.6 cm³/mol. The normalized spacial score (nSPS) is 21.2. The fraction of sp³-hybridized carbons (Fsp3) is 0.353. The van der Waals surface area contributed by atoms with E-state index in [1.54, 1.807) is 0 Å². The SMILES string of the molecule is CNCC1CC1(C(=O)OC)c1ccccc1Cl.O=C(O)/C=C/C(=O)O. The summed E-state index contributed by atoms with van der Waals surface area (Å²) in [6.45, 7) is 0.792. The van der Waals surface area contributed by atoms with Gasteiger partial charge in [0.2, 0.25) is 0 Å². The molecule has 0 amide bonds. The van der Waals surface area contributed by atoms with Gasteiger partial charge < -0.3 is 20.3 Å². The first-order valence-electron chi connectivity index (χ1n) is 7.41. The van der Waals surface area contributed by atoms with Gasteiger partial charge in [0, 0.05) is 17.2 Å². The van der Waals surface area contributed by atoms with E-state index in [9.17, 15) is 14.4 Å². The van der Waals surface area contributed by atoms with Gasteiger partial charge in [0.15, 0.2) is 0 Å². The Bertz CT molecular complexity index is 659. The highest BCUT2D eigenvalue weighted by atomic mass is 35.5. The van der Waals surface area contributed by atoms with Crippen LogP contribution in [0.25, 0.3) is 0 Å². The number of rotatable bonds is 6. The van der Waals surface area contributed by atoms with Gasteiger partial charge in [-0.1, -0.05) is 29.8 Å². The van der Waals surface area contributed by atoms with Crippen molar-refractivity contribution in [2.45, 2.75) is 11.8 Å². The molecule has 1 aliphatic carbocycles. The predicted octanol–water partition coefficient (Wildman–Crippen LogP) is 1.70. The molecule has 136 valence electrons. The third kappa shape index (κ3) is 5.30.